The van der Waals surface area contributed by atoms with Crippen LogP contribution >= 0.6 is 15.9 Å². The van der Waals surface area contributed by atoms with Gasteiger partial charge in [-0.15, -0.1) is 0 Å². The monoisotopic (exact) mass is 192 g/mol. The van der Waals surface area contributed by atoms with Gasteiger partial charge in [-0.25, -0.2) is 0 Å². The van der Waals surface area contributed by atoms with Gasteiger partial charge in [0, 0.05) is 0 Å². The fourth-order valence-corrected chi connectivity index (χ4v) is 1.26. The first-order valence-electron chi connectivity index (χ1n) is 3.05. The Morgan fingerprint density at radius 2 is 2.22 bits per heavy atom. The van der Waals surface area contributed by atoms with Crippen molar-refractivity contribution in [1.29, 1.82) is 0 Å². The van der Waals surface area contributed by atoms with Crippen molar-refractivity contribution in [2.45, 2.75) is 20.3 Å². The molecule has 0 nitrogen and oxygen atoms in total. The molecular weight excluding hydrogens is 183 g/mol. The van der Waals surface area contributed by atoms with Crippen molar-refractivity contribution in [2.75, 3.05) is 0 Å². The van der Waals surface area contributed by atoms with E-state index < -0.39 is 0 Å². The third-order valence-corrected chi connectivity index (χ3v) is 2.18. The molecule has 0 N–H and O–H groups in total. The first-order chi connectivity index (χ1) is 4.02. The minimum Gasteiger partial charge on any atom is -0.199 e. The van der Waals surface area contributed by atoms with Crippen molar-refractivity contribution in [3.63, 3.8) is 0 Å². The first kappa shape index (κ1) is 7.26. The molecular formula is C7H10BrF. The standard InChI is InChI=1S/C7H10BrF/c1-7(2)4-5(7)3-6(8)9/h3,5H,4H2,1-2H3. The van der Waals surface area contributed by atoms with Crippen LogP contribution in [-0.2, 0) is 0 Å². The average molecular weight is 193 g/mol. The molecule has 1 fully saturated rings. The van der Waals surface area contributed by atoms with Crippen LogP contribution in [-0.4, -0.2) is 0 Å². The van der Waals surface area contributed by atoms with Crippen molar-refractivity contribution in [2.24, 2.45) is 11.3 Å². The van der Waals surface area contributed by atoms with Gasteiger partial charge < -0.3 is 0 Å². The molecule has 1 rings (SSSR count). The molecule has 0 radical (unpaired) electrons. The summed E-state index contributed by atoms with van der Waals surface area (Å²) >= 11 is 2.76. The molecule has 0 aliphatic heterocycles. The van der Waals surface area contributed by atoms with Crippen LogP contribution in [0.5, 0.6) is 0 Å². The quantitative estimate of drug-likeness (QED) is 0.599. The highest BCUT2D eigenvalue weighted by atomic mass is 79.9. The molecule has 0 aromatic carbocycles. The van der Waals surface area contributed by atoms with Crippen LogP contribution in [0.15, 0.2) is 10.8 Å². The Bertz CT molecular complexity index is 145. The lowest BCUT2D eigenvalue weighted by molar-refractivity contribution is 0.600. The molecule has 52 valence electrons. The second-order valence-electron chi connectivity index (χ2n) is 3.26. The fourth-order valence-electron chi connectivity index (χ4n) is 0.944. The molecule has 0 heterocycles. The van der Waals surface area contributed by atoms with E-state index in [-0.39, 0.29) is 4.74 Å². The fraction of sp³-hybridized carbons (Fsp3) is 0.714. The van der Waals surface area contributed by atoms with E-state index in [1.807, 2.05) is 0 Å². The smallest absolute Gasteiger partial charge is 0.162 e. The maximum atomic E-state index is 12.1. The highest BCUT2D eigenvalue weighted by molar-refractivity contribution is 9.11. The summed E-state index contributed by atoms with van der Waals surface area (Å²) < 4.78 is 11.9. The van der Waals surface area contributed by atoms with Crippen molar-refractivity contribution < 1.29 is 4.39 Å². The lowest BCUT2D eigenvalue weighted by atomic mass is 10.1. The zero-order chi connectivity index (χ0) is 7.07. The molecule has 9 heavy (non-hydrogen) atoms. The second-order valence-corrected chi connectivity index (χ2v) is 4.01. The minimum absolute atomic E-state index is 0.224. The zero-order valence-corrected chi connectivity index (χ0v) is 7.20. The Labute approximate surface area is 63.3 Å². The molecule has 1 aliphatic rings. The molecule has 0 aromatic heterocycles. The van der Waals surface area contributed by atoms with E-state index >= 15 is 0 Å². The number of hydrogen-bond acceptors (Lipinski definition) is 0. The Hall–Kier alpha value is 0.150. The van der Waals surface area contributed by atoms with Crippen LogP contribution in [0.3, 0.4) is 0 Å². The molecule has 1 saturated carbocycles. The molecule has 0 bridgehead atoms. The first-order valence-corrected chi connectivity index (χ1v) is 3.84. The van der Waals surface area contributed by atoms with Crippen LogP contribution < -0.4 is 0 Å². The second kappa shape index (κ2) is 2.08. The van der Waals surface area contributed by atoms with Gasteiger partial charge in [0.15, 0.2) is 4.74 Å². The van der Waals surface area contributed by atoms with Crippen molar-refractivity contribution >= 4 is 15.9 Å². The number of allylic oxidation sites excluding steroid dienone is 1. The van der Waals surface area contributed by atoms with Crippen LogP contribution in [0, 0.1) is 11.3 Å². The lowest BCUT2D eigenvalue weighted by Gasteiger charge is -1.94. The van der Waals surface area contributed by atoms with E-state index in [1.54, 1.807) is 6.08 Å². The maximum Gasteiger partial charge on any atom is 0.162 e. The normalized spacial score (nSPS) is 32.4. The summed E-state index contributed by atoms with van der Waals surface area (Å²) in [6, 6.07) is 0. The largest absolute Gasteiger partial charge is 0.199 e. The van der Waals surface area contributed by atoms with E-state index in [9.17, 15) is 4.39 Å². The van der Waals surface area contributed by atoms with Gasteiger partial charge in [0.2, 0.25) is 0 Å². The Morgan fingerprint density at radius 1 is 1.78 bits per heavy atom. The SMILES string of the molecule is CC1(C)CC1C=C(F)Br. The predicted octanol–water partition coefficient (Wildman–Crippen LogP) is 3.24. The van der Waals surface area contributed by atoms with Crippen molar-refractivity contribution in [3.8, 4) is 0 Å². The Morgan fingerprint density at radius 3 is 2.33 bits per heavy atom. The van der Waals surface area contributed by atoms with Crippen LogP contribution in [0.2, 0.25) is 0 Å². The molecule has 0 aromatic rings. The summed E-state index contributed by atoms with van der Waals surface area (Å²) in [5.74, 6) is 0.455. The molecule has 2 heteroatoms. The van der Waals surface area contributed by atoms with Gasteiger partial charge >= 0.3 is 0 Å². The minimum atomic E-state index is -0.224. The van der Waals surface area contributed by atoms with Crippen LogP contribution in [0.1, 0.15) is 20.3 Å². The third-order valence-electron chi connectivity index (χ3n) is 1.92. The van der Waals surface area contributed by atoms with Gasteiger partial charge in [0.1, 0.15) is 0 Å². The van der Waals surface area contributed by atoms with Gasteiger partial charge in [0.05, 0.1) is 0 Å². The van der Waals surface area contributed by atoms with Gasteiger partial charge in [-0.2, -0.15) is 4.39 Å². The summed E-state index contributed by atoms with van der Waals surface area (Å²) in [7, 11) is 0. The van der Waals surface area contributed by atoms with Gasteiger partial charge in [-0.3, -0.25) is 0 Å². The van der Waals surface area contributed by atoms with E-state index in [0.717, 1.165) is 6.42 Å². The highest BCUT2D eigenvalue weighted by Gasteiger charge is 2.44. The summed E-state index contributed by atoms with van der Waals surface area (Å²) in [4.78, 5) is 0. The molecule has 0 spiro atoms. The highest BCUT2D eigenvalue weighted by Crippen LogP contribution is 2.53. The van der Waals surface area contributed by atoms with E-state index in [1.165, 1.54) is 0 Å². The Kier molecular flexibility index (Phi) is 1.68. The summed E-state index contributed by atoms with van der Waals surface area (Å²) in [5.41, 5.74) is 0.352. The van der Waals surface area contributed by atoms with Gasteiger partial charge in [-0.1, -0.05) is 13.8 Å². The van der Waals surface area contributed by atoms with E-state index in [2.05, 4.69) is 29.8 Å². The van der Waals surface area contributed by atoms with E-state index in [0.29, 0.717) is 11.3 Å². The molecule has 1 unspecified atom stereocenters. The van der Waals surface area contributed by atoms with Crippen molar-refractivity contribution in [3.05, 3.63) is 10.8 Å². The third kappa shape index (κ3) is 1.78. The number of hydrogen-bond donors (Lipinski definition) is 0. The topological polar surface area (TPSA) is 0 Å². The number of halogens is 2. The van der Waals surface area contributed by atoms with Gasteiger partial charge in [0.25, 0.3) is 0 Å². The predicted molar refractivity (Wildman–Crippen MR) is 40.0 cm³/mol. The summed E-state index contributed by atoms with van der Waals surface area (Å²) in [5, 5.41) is 0. The molecule has 0 amide bonds. The van der Waals surface area contributed by atoms with Gasteiger partial charge in [-0.05, 0) is 39.8 Å². The molecule has 1 aliphatic carbocycles. The summed E-state index contributed by atoms with van der Waals surface area (Å²) in [6.07, 6.45) is 2.76. The number of rotatable bonds is 1. The molecule has 1 atom stereocenters. The zero-order valence-electron chi connectivity index (χ0n) is 5.62. The Balaban J connectivity index is 2.45. The van der Waals surface area contributed by atoms with Crippen molar-refractivity contribution in [1.82, 2.24) is 0 Å². The summed E-state index contributed by atoms with van der Waals surface area (Å²) in [6.45, 7) is 4.29. The maximum absolute atomic E-state index is 12.1. The van der Waals surface area contributed by atoms with E-state index in [4.69, 9.17) is 0 Å². The van der Waals surface area contributed by atoms with Crippen LogP contribution in [0.4, 0.5) is 4.39 Å². The average Bonchev–Trinajstić information content (AvgIpc) is 2.10. The lowest BCUT2D eigenvalue weighted by Crippen LogP contribution is -1.85. The van der Waals surface area contributed by atoms with Crippen LogP contribution in [0.25, 0.3) is 0 Å². The molecule has 0 saturated heterocycles.